The molecular formula is C16H33N3. The third kappa shape index (κ3) is 3.14. The first kappa shape index (κ1) is 15.3. The number of nitrogens with two attached hydrogens (primary N) is 1. The molecule has 3 nitrogen and oxygen atoms in total. The Labute approximate surface area is 119 Å². The lowest BCUT2D eigenvalue weighted by atomic mass is 9.81. The van der Waals surface area contributed by atoms with Gasteiger partial charge in [-0.05, 0) is 64.7 Å². The second-order valence-corrected chi connectivity index (χ2v) is 7.00. The number of hydrogen-bond acceptors (Lipinski definition) is 3. The maximum Gasteiger partial charge on any atom is 0.0359 e. The maximum atomic E-state index is 6.23. The third-order valence-electron chi connectivity index (χ3n) is 5.64. The summed E-state index contributed by atoms with van der Waals surface area (Å²) in [7, 11) is 4.38. The fourth-order valence-electron chi connectivity index (χ4n) is 4.60. The number of likely N-dealkylation sites (tertiary alicyclic amines) is 1. The van der Waals surface area contributed by atoms with Gasteiger partial charge in [-0.2, -0.15) is 0 Å². The molecule has 2 N–H and O–H groups in total. The van der Waals surface area contributed by atoms with Gasteiger partial charge in [0.05, 0.1) is 0 Å². The summed E-state index contributed by atoms with van der Waals surface area (Å²) in [5, 5.41) is 0. The molecule has 0 aromatic heterocycles. The van der Waals surface area contributed by atoms with Crippen LogP contribution < -0.4 is 5.73 Å². The lowest BCUT2D eigenvalue weighted by Gasteiger charge is -2.48. The topological polar surface area (TPSA) is 32.5 Å². The van der Waals surface area contributed by atoms with Crippen molar-refractivity contribution in [1.29, 1.82) is 0 Å². The van der Waals surface area contributed by atoms with Crippen molar-refractivity contribution < 1.29 is 0 Å². The Hall–Kier alpha value is -0.120. The van der Waals surface area contributed by atoms with Gasteiger partial charge in [0, 0.05) is 18.6 Å². The van der Waals surface area contributed by atoms with Crippen molar-refractivity contribution in [3.63, 3.8) is 0 Å². The van der Waals surface area contributed by atoms with E-state index in [1.165, 1.54) is 58.2 Å². The summed E-state index contributed by atoms with van der Waals surface area (Å²) >= 11 is 0. The van der Waals surface area contributed by atoms with Crippen molar-refractivity contribution in [3.05, 3.63) is 0 Å². The molecule has 3 heteroatoms. The van der Waals surface area contributed by atoms with Crippen molar-refractivity contribution in [2.75, 3.05) is 40.3 Å². The molecule has 0 aromatic carbocycles. The van der Waals surface area contributed by atoms with Crippen molar-refractivity contribution in [3.8, 4) is 0 Å². The molecule has 2 atom stereocenters. The summed E-state index contributed by atoms with van der Waals surface area (Å²) < 4.78 is 0. The Morgan fingerprint density at radius 1 is 1.21 bits per heavy atom. The molecule has 2 unspecified atom stereocenters. The fraction of sp³-hybridized carbons (Fsp3) is 1.00. The molecule has 0 spiro atoms. The third-order valence-corrected chi connectivity index (χ3v) is 5.64. The van der Waals surface area contributed by atoms with Crippen LogP contribution in [0.15, 0.2) is 0 Å². The zero-order valence-corrected chi connectivity index (χ0v) is 13.2. The molecule has 112 valence electrons. The fourth-order valence-corrected chi connectivity index (χ4v) is 4.60. The highest BCUT2D eigenvalue weighted by Crippen LogP contribution is 2.43. The first-order chi connectivity index (χ1) is 9.12. The number of rotatable bonds is 5. The van der Waals surface area contributed by atoms with Crippen molar-refractivity contribution in [1.82, 2.24) is 9.80 Å². The number of nitrogens with zero attached hydrogens (tertiary/aromatic N) is 2. The number of piperidine rings is 1. The molecule has 1 aliphatic heterocycles. The molecule has 1 aliphatic carbocycles. The van der Waals surface area contributed by atoms with Gasteiger partial charge in [0.15, 0.2) is 0 Å². The Morgan fingerprint density at radius 3 is 2.42 bits per heavy atom. The quantitative estimate of drug-likeness (QED) is 0.828. The second kappa shape index (κ2) is 6.55. The van der Waals surface area contributed by atoms with Gasteiger partial charge < -0.3 is 10.6 Å². The van der Waals surface area contributed by atoms with E-state index in [9.17, 15) is 0 Å². The normalized spacial score (nSPS) is 34.3. The Morgan fingerprint density at radius 2 is 1.89 bits per heavy atom. The summed E-state index contributed by atoms with van der Waals surface area (Å²) in [5.41, 5.74) is 6.58. The van der Waals surface area contributed by atoms with Crippen LogP contribution in [-0.4, -0.2) is 55.6 Å². The van der Waals surface area contributed by atoms with Crippen LogP contribution in [0.2, 0.25) is 0 Å². The molecule has 0 radical (unpaired) electrons. The highest BCUT2D eigenvalue weighted by molar-refractivity contribution is 5.02. The van der Waals surface area contributed by atoms with Gasteiger partial charge in [-0.3, -0.25) is 4.90 Å². The highest BCUT2D eigenvalue weighted by atomic mass is 15.2. The molecular weight excluding hydrogens is 234 g/mol. The Bertz CT molecular complexity index is 271. The average molecular weight is 267 g/mol. The number of hydrogen-bond donors (Lipinski definition) is 1. The monoisotopic (exact) mass is 267 g/mol. The van der Waals surface area contributed by atoms with Gasteiger partial charge in [-0.1, -0.05) is 19.8 Å². The summed E-state index contributed by atoms with van der Waals surface area (Å²) in [6.45, 7) is 7.00. The summed E-state index contributed by atoms with van der Waals surface area (Å²) in [6.07, 6.45) is 8.13. The van der Waals surface area contributed by atoms with Gasteiger partial charge >= 0.3 is 0 Å². The van der Waals surface area contributed by atoms with E-state index >= 15 is 0 Å². The Kier molecular flexibility index (Phi) is 5.27. The molecule has 19 heavy (non-hydrogen) atoms. The van der Waals surface area contributed by atoms with Crippen LogP contribution in [0.3, 0.4) is 0 Å². The minimum atomic E-state index is 0.345. The Balaban J connectivity index is 1.95. The van der Waals surface area contributed by atoms with Crippen molar-refractivity contribution in [2.24, 2.45) is 17.6 Å². The van der Waals surface area contributed by atoms with E-state index in [1.807, 2.05) is 0 Å². The molecule has 2 fully saturated rings. The molecule has 0 aromatic rings. The average Bonchev–Trinajstić information content (AvgIpc) is 2.83. The van der Waals surface area contributed by atoms with E-state index < -0.39 is 0 Å². The van der Waals surface area contributed by atoms with Crippen LogP contribution >= 0.6 is 0 Å². The molecule has 1 saturated heterocycles. The second-order valence-electron chi connectivity index (χ2n) is 7.00. The van der Waals surface area contributed by atoms with Crippen molar-refractivity contribution in [2.45, 2.75) is 51.0 Å². The van der Waals surface area contributed by atoms with Crippen LogP contribution in [0.4, 0.5) is 0 Å². The van der Waals surface area contributed by atoms with Crippen LogP contribution in [0.25, 0.3) is 0 Å². The molecule has 1 heterocycles. The SMILES string of the molecule is CCC1CCCC1(CN)N1CCC(CN(C)C)CC1. The largest absolute Gasteiger partial charge is 0.329 e. The van der Waals surface area contributed by atoms with E-state index in [0.717, 1.165) is 18.4 Å². The minimum absolute atomic E-state index is 0.345. The molecule has 0 bridgehead atoms. The highest BCUT2D eigenvalue weighted by Gasteiger charge is 2.45. The predicted molar refractivity (Wildman–Crippen MR) is 82.3 cm³/mol. The van der Waals surface area contributed by atoms with Crippen LogP contribution in [-0.2, 0) is 0 Å². The predicted octanol–water partition coefficient (Wildman–Crippen LogP) is 2.17. The molecule has 1 saturated carbocycles. The van der Waals surface area contributed by atoms with Crippen LogP contribution in [0.5, 0.6) is 0 Å². The lowest BCUT2D eigenvalue weighted by Crippen LogP contribution is -2.58. The van der Waals surface area contributed by atoms with Gasteiger partial charge in [-0.15, -0.1) is 0 Å². The zero-order chi connectivity index (χ0) is 13.9. The van der Waals surface area contributed by atoms with E-state index in [-0.39, 0.29) is 0 Å². The molecule has 2 rings (SSSR count). The first-order valence-corrected chi connectivity index (χ1v) is 8.22. The maximum absolute atomic E-state index is 6.23. The first-order valence-electron chi connectivity index (χ1n) is 8.22. The van der Waals surface area contributed by atoms with E-state index in [2.05, 4.69) is 30.8 Å². The van der Waals surface area contributed by atoms with Crippen LogP contribution in [0, 0.1) is 11.8 Å². The smallest absolute Gasteiger partial charge is 0.0359 e. The minimum Gasteiger partial charge on any atom is -0.329 e. The van der Waals surface area contributed by atoms with Gasteiger partial charge in [0.2, 0.25) is 0 Å². The van der Waals surface area contributed by atoms with Gasteiger partial charge in [0.25, 0.3) is 0 Å². The van der Waals surface area contributed by atoms with E-state index in [4.69, 9.17) is 5.73 Å². The van der Waals surface area contributed by atoms with Crippen LogP contribution in [0.1, 0.15) is 45.4 Å². The zero-order valence-electron chi connectivity index (χ0n) is 13.2. The lowest BCUT2D eigenvalue weighted by molar-refractivity contribution is 0.0215. The summed E-state index contributed by atoms with van der Waals surface area (Å²) in [4.78, 5) is 5.10. The molecule has 2 aliphatic rings. The molecule has 0 amide bonds. The van der Waals surface area contributed by atoms with Gasteiger partial charge in [-0.25, -0.2) is 0 Å². The standard InChI is InChI=1S/C16H33N3/c1-4-15-6-5-9-16(15,13-17)19-10-7-14(8-11-19)12-18(2)3/h14-15H,4-13,17H2,1-3H3. The van der Waals surface area contributed by atoms with Crippen molar-refractivity contribution >= 4 is 0 Å². The van der Waals surface area contributed by atoms with Gasteiger partial charge in [0.1, 0.15) is 0 Å². The van der Waals surface area contributed by atoms with E-state index in [1.54, 1.807) is 0 Å². The summed E-state index contributed by atoms with van der Waals surface area (Å²) in [6, 6.07) is 0. The van der Waals surface area contributed by atoms with E-state index in [0.29, 0.717) is 5.54 Å². The summed E-state index contributed by atoms with van der Waals surface area (Å²) in [5.74, 6) is 1.73.